The van der Waals surface area contributed by atoms with Crippen LogP contribution in [0.2, 0.25) is 0 Å². The van der Waals surface area contributed by atoms with Gasteiger partial charge in [0.15, 0.2) is 0 Å². The first-order chi connectivity index (χ1) is 10.0. The molecule has 0 bridgehead atoms. The highest BCUT2D eigenvalue weighted by Gasteiger charge is 2.05. The summed E-state index contributed by atoms with van der Waals surface area (Å²) in [6.07, 6.45) is 1.54. The summed E-state index contributed by atoms with van der Waals surface area (Å²) < 4.78 is 31.9. The maximum absolute atomic E-state index is 8.06. The van der Waals surface area contributed by atoms with E-state index in [-0.39, 0.29) is 24.2 Å². The van der Waals surface area contributed by atoms with Crippen LogP contribution in [0, 0.1) is 3.57 Å². The lowest BCUT2D eigenvalue weighted by Crippen LogP contribution is -1.90. The summed E-state index contributed by atoms with van der Waals surface area (Å²) in [7, 11) is 0. The summed E-state index contributed by atoms with van der Waals surface area (Å²) in [6, 6.07) is 6.75. The van der Waals surface area contributed by atoms with Gasteiger partial charge in [-0.05, 0) is 40.8 Å². The largest absolute Gasteiger partial charge is 0.252 e. The maximum atomic E-state index is 8.06. The molecule has 2 nitrogen and oxygen atoms in total. The third-order valence-corrected chi connectivity index (χ3v) is 3.16. The predicted octanol–water partition coefficient (Wildman–Crippen LogP) is 3.90. The number of hydrogen-bond acceptors (Lipinski definition) is 2. The van der Waals surface area contributed by atoms with Crippen LogP contribution < -0.4 is 0 Å². The number of aromatic nitrogens is 2. The quantitative estimate of drug-likeness (QED) is 0.630. The maximum Gasteiger partial charge on any atom is 0.0903 e. The minimum Gasteiger partial charge on any atom is -0.252 e. The topological polar surface area (TPSA) is 25.8 Å². The summed E-state index contributed by atoms with van der Waals surface area (Å²) >= 11 is 1.92. The van der Waals surface area contributed by atoms with E-state index in [1.807, 2.05) is 46.9 Å². The molecule has 0 aliphatic rings. The zero-order chi connectivity index (χ0) is 15.1. The first-order valence-electron chi connectivity index (χ1n) is 6.98. The fraction of sp³-hybridized carbons (Fsp3) is 0. The van der Waals surface area contributed by atoms with Gasteiger partial charge < -0.3 is 0 Å². The molecule has 0 fully saturated rings. The van der Waals surface area contributed by atoms with Crippen LogP contribution in [0.25, 0.3) is 22.3 Å². The van der Waals surface area contributed by atoms with Crippen molar-refractivity contribution in [3.05, 3.63) is 58.2 Å². The van der Waals surface area contributed by atoms with Crippen molar-refractivity contribution < 1.29 is 5.48 Å². The van der Waals surface area contributed by atoms with E-state index in [2.05, 4.69) is 9.97 Å². The lowest BCUT2D eigenvalue weighted by Gasteiger charge is -2.04. The number of benzene rings is 2. The zero-order valence-corrected chi connectivity index (χ0v) is 10.8. The van der Waals surface area contributed by atoms with Gasteiger partial charge in [-0.2, -0.15) is 0 Å². The molecule has 0 unspecified atom stereocenters. The molecule has 0 radical (unpaired) electrons. The Balaban J connectivity index is 2.32. The van der Waals surface area contributed by atoms with Crippen LogP contribution in [-0.2, 0) is 0 Å². The summed E-state index contributed by atoms with van der Waals surface area (Å²) in [4.78, 5) is 8.77. The normalized spacial score (nSPS) is 13.9. The molecule has 0 N–H and O–H groups in total. The van der Waals surface area contributed by atoms with Crippen LogP contribution in [0.5, 0.6) is 0 Å². The Kier molecular flexibility index (Phi) is 1.83. The Bertz CT molecular complexity index is 838. The minimum atomic E-state index is -0.259. The first-order valence-corrected chi connectivity index (χ1v) is 6.06. The van der Waals surface area contributed by atoms with E-state index in [1.54, 1.807) is 6.20 Å². The fourth-order valence-electron chi connectivity index (χ4n) is 1.55. The molecule has 0 atom stereocenters. The second kappa shape index (κ2) is 4.41. The molecule has 3 rings (SSSR count). The third kappa shape index (κ3) is 2.02. The summed E-state index contributed by atoms with van der Waals surface area (Å²) in [6.45, 7) is 0. The Morgan fingerprint density at radius 2 is 1.82 bits per heavy atom. The minimum absolute atomic E-state index is 0.0541. The van der Waals surface area contributed by atoms with Crippen molar-refractivity contribution in [3.8, 4) is 11.3 Å². The van der Waals surface area contributed by atoms with Crippen LogP contribution in [0.4, 0.5) is 0 Å². The average Bonchev–Trinajstić information content (AvgIpc) is 2.51. The molecular weight excluding hydrogens is 323 g/mol. The van der Waals surface area contributed by atoms with Crippen LogP contribution in [0.3, 0.4) is 0 Å². The van der Waals surface area contributed by atoms with E-state index in [0.717, 1.165) is 5.52 Å². The Hall–Kier alpha value is -1.49. The molecule has 1 aromatic heterocycles. The van der Waals surface area contributed by atoms with Gasteiger partial charge in [-0.25, -0.2) is 4.98 Å². The van der Waals surface area contributed by atoms with Crippen molar-refractivity contribution >= 4 is 33.6 Å². The second-order valence-electron chi connectivity index (χ2n) is 3.43. The van der Waals surface area contributed by atoms with E-state index in [1.165, 1.54) is 0 Å². The summed E-state index contributed by atoms with van der Waals surface area (Å²) in [5, 5.41) is 0. The highest BCUT2D eigenvalue weighted by atomic mass is 127. The lowest BCUT2D eigenvalue weighted by atomic mass is 10.1. The number of fused-ring (bicyclic) bond motifs is 1. The van der Waals surface area contributed by atoms with Gasteiger partial charge >= 0.3 is 0 Å². The zero-order valence-electron chi connectivity index (χ0n) is 12.7. The molecule has 0 amide bonds. The van der Waals surface area contributed by atoms with Gasteiger partial charge in [0, 0.05) is 9.13 Å². The molecule has 3 aromatic rings. The van der Waals surface area contributed by atoms with Gasteiger partial charge in [0.25, 0.3) is 0 Å². The summed E-state index contributed by atoms with van der Waals surface area (Å²) in [5.41, 5.74) is 2.28. The second-order valence-corrected chi connectivity index (χ2v) is 4.51. The van der Waals surface area contributed by atoms with Gasteiger partial charge in [0.1, 0.15) is 0 Å². The van der Waals surface area contributed by atoms with E-state index in [0.29, 0.717) is 20.3 Å². The molecule has 0 aliphatic carbocycles. The molecule has 3 heteroatoms. The average molecular weight is 336 g/mol. The SMILES string of the molecule is [2H]c1c([2H])c([2H])c(-c2cnc3ccccc3n2)c(I)c1[2H]. The lowest BCUT2D eigenvalue weighted by molar-refractivity contribution is 1.29. The Morgan fingerprint density at radius 1 is 1.06 bits per heavy atom. The van der Waals surface area contributed by atoms with Crippen LogP contribution >= 0.6 is 22.6 Å². The monoisotopic (exact) mass is 336 g/mol. The molecule has 1 heterocycles. The number of rotatable bonds is 1. The Labute approximate surface area is 118 Å². The summed E-state index contributed by atoms with van der Waals surface area (Å²) in [5.74, 6) is 0. The molecule has 2 aromatic carbocycles. The highest BCUT2D eigenvalue weighted by molar-refractivity contribution is 14.1. The molecule has 0 spiro atoms. The number of hydrogen-bond donors (Lipinski definition) is 0. The van der Waals surface area contributed by atoms with Gasteiger partial charge in [-0.3, -0.25) is 4.98 Å². The molecule has 0 saturated heterocycles. The number of para-hydroxylation sites is 2. The van der Waals surface area contributed by atoms with E-state index >= 15 is 0 Å². The van der Waals surface area contributed by atoms with Gasteiger partial charge in [0.05, 0.1) is 28.4 Å². The van der Waals surface area contributed by atoms with Crippen LogP contribution in [-0.4, -0.2) is 9.97 Å². The smallest absolute Gasteiger partial charge is 0.0903 e. The standard InChI is InChI=1S/C14H9IN2/c15-11-6-2-1-5-10(11)14-9-16-12-7-3-4-8-13(12)17-14/h1-9H/i1D,2D,5D,6D. The van der Waals surface area contributed by atoms with Crippen molar-refractivity contribution in [2.45, 2.75) is 0 Å². The number of halogens is 1. The van der Waals surface area contributed by atoms with Crippen molar-refractivity contribution in [1.82, 2.24) is 9.97 Å². The van der Waals surface area contributed by atoms with Gasteiger partial charge in [0.2, 0.25) is 0 Å². The van der Waals surface area contributed by atoms with Crippen molar-refractivity contribution in [2.75, 3.05) is 0 Å². The number of nitrogens with zero attached hydrogens (tertiary/aromatic N) is 2. The fourth-order valence-corrected chi connectivity index (χ4v) is 2.10. The van der Waals surface area contributed by atoms with Crippen LogP contribution in [0.15, 0.2) is 54.6 Å². The molecular formula is C14H9IN2. The van der Waals surface area contributed by atoms with E-state index < -0.39 is 0 Å². The third-order valence-electron chi connectivity index (χ3n) is 2.35. The van der Waals surface area contributed by atoms with Crippen molar-refractivity contribution in [2.24, 2.45) is 0 Å². The molecule has 82 valence electrons. The molecule has 17 heavy (non-hydrogen) atoms. The van der Waals surface area contributed by atoms with E-state index in [4.69, 9.17) is 5.48 Å². The first kappa shape index (κ1) is 7.06. The van der Waals surface area contributed by atoms with Crippen LogP contribution in [0.1, 0.15) is 5.48 Å². The van der Waals surface area contributed by atoms with Crippen molar-refractivity contribution in [3.63, 3.8) is 0 Å². The Morgan fingerprint density at radius 3 is 2.71 bits per heavy atom. The highest BCUT2D eigenvalue weighted by Crippen LogP contribution is 2.23. The molecule has 0 aliphatic heterocycles. The van der Waals surface area contributed by atoms with Gasteiger partial charge in [-0.15, -0.1) is 0 Å². The van der Waals surface area contributed by atoms with Gasteiger partial charge in [-0.1, -0.05) is 30.3 Å². The molecule has 0 saturated carbocycles. The van der Waals surface area contributed by atoms with E-state index in [9.17, 15) is 0 Å². The predicted molar refractivity (Wildman–Crippen MR) is 77.7 cm³/mol. The van der Waals surface area contributed by atoms with Crippen molar-refractivity contribution in [1.29, 1.82) is 0 Å².